The maximum Gasteiger partial charge on any atom is 0.416 e. The molecule has 2 unspecified atom stereocenters. The van der Waals surface area contributed by atoms with E-state index in [-0.39, 0.29) is 35.4 Å². The average molecular weight is 697 g/mol. The largest absolute Gasteiger partial charge is 0.494 e. The summed E-state index contributed by atoms with van der Waals surface area (Å²) in [6.07, 6.45) is -0.116. The van der Waals surface area contributed by atoms with E-state index in [1.807, 2.05) is 29.2 Å². The molecule has 5 aromatic rings. The predicted molar refractivity (Wildman–Crippen MR) is 186 cm³/mol. The third-order valence-corrected chi connectivity index (χ3v) is 11.5. The number of imidazole rings is 1. The zero-order chi connectivity index (χ0) is 35.2. The van der Waals surface area contributed by atoms with Crippen molar-refractivity contribution in [3.63, 3.8) is 0 Å². The lowest BCUT2D eigenvalue weighted by molar-refractivity contribution is -0.137. The van der Waals surface area contributed by atoms with Crippen LogP contribution >= 0.6 is 0 Å². The van der Waals surface area contributed by atoms with E-state index in [1.54, 1.807) is 12.0 Å². The highest BCUT2D eigenvalue weighted by Gasteiger charge is 2.47. The van der Waals surface area contributed by atoms with Crippen molar-refractivity contribution in [2.75, 3.05) is 26.7 Å². The predicted octanol–water partition coefficient (Wildman–Crippen LogP) is 6.43. The molecule has 0 radical (unpaired) electrons. The quantitative estimate of drug-likeness (QED) is 0.202. The summed E-state index contributed by atoms with van der Waals surface area (Å²) in [7, 11) is 1.60. The third-order valence-electron chi connectivity index (χ3n) is 11.5. The molecule has 51 heavy (non-hydrogen) atoms. The normalized spacial score (nSPS) is 21.9. The first-order chi connectivity index (χ1) is 24.6. The fraction of sp³-hybridized carbons (Fsp3) is 0.410. The van der Waals surface area contributed by atoms with Crippen molar-refractivity contribution >= 4 is 33.8 Å². The summed E-state index contributed by atoms with van der Waals surface area (Å²) in [6.45, 7) is 2.96. The Morgan fingerprint density at radius 2 is 1.61 bits per heavy atom. The number of methoxy groups -OCH3 is 1. The molecule has 2 saturated heterocycles. The first-order valence-corrected chi connectivity index (χ1v) is 17.8. The van der Waals surface area contributed by atoms with E-state index in [0.717, 1.165) is 59.5 Å². The van der Waals surface area contributed by atoms with Crippen molar-refractivity contribution in [1.29, 1.82) is 0 Å². The van der Waals surface area contributed by atoms with E-state index < -0.39 is 11.7 Å². The topological polar surface area (TPSA) is 98.6 Å². The number of rotatable bonds is 8. The Morgan fingerprint density at radius 3 is 2.27 bits per heavy atom. The van der Waals surface area contributed by atoms with Crippen molar-refractivity contribution in [2.24, 2.45) is 23.5 Å². The summed E-state index contributed by atoms with van der Waals surface area (Å²) in [4.78, 5) is 36.0. The van der Waals surface area contributed by atoms with Crippen molar-refractivity contribution in [3.8, 4) is 17.3 Å². The molecule has 4 fully saturated rings. The van der Waals surface area contributed by atoms with Crippen LogP contribution in [0, 0.1) is 17.8 Å². The highest BCUT2D eigenvalue weighted by molar-refractivity contribution is 6.01. The molecule has 4 heterocycles. The Bertz CT molecular complexity index is 2180. The molecule has 9 rings (SSSR count). The Kier molecular flexibility index (Phi) is 7.47. The van der Waals surface area contributed by atoms with E-state index in [9.17, 15) is 22.8 Å². The number of amides is 2. The molecule has 2 N–H and O–H groups in total. The molecule has 2 amide bonds. The number of nitrogens with two attached hydrogens (primary N) is 1. The Labute approximate surface area is 292 Å². The lowest BCUT2D eigenvalue weighted by Crippen LogP contribution is -2.51. The van der Waals surface area contributed by atoms with Gasteiger partial charge in [-0.25, -0.2) is 4.98 Å². The van der Waals surface area contributed by atoms with Crippen molar-refractivity contribution in [2.45, 2.75) is 57.0 Å². The van der Waals surface area contributed by atoms with Gasteiger partial charge in [-0.1, -0.05) is 18.2 Å². The van der Waals surface area contributed by atoms with Gasteiger partial charge in [0, 0.05) is 72.8 Å². The molecular formula is C39H39F3N6O3. The first kappa shape index (κ1) is 32.1. The summed E-state index contributed by atoms with van der Waals surface area (Å²) < 4.78 is 49.8. The maximum absolute atomic E-state index is 14.0. The molecule has 2 aromatic heterocycles. The minimum atomic E-state index is -4.46. The smallest absolute Gasteiger partial charge is 0.416 e. The van der Waals surface area contributed by atoms with E-state index in [1.165, 1.54) is 25.0 Å². The van der Waals surface area contributed by atoms with Gasteiger partial charge < -0.3 is 29.4 Å². The van der Waals surface area contributed by atoms with Crippen LogP contribution in [-0.4, -0.2) is 74.6 Å². The van der Waals surface area contributed by atoms with E-state index in [2.05, 4.69) is 27.3 Å². The van der Waals surface area contributed by atoms with Crippen LogP contribution in [0.5, 0.6) is 5.75 Å². The van der Waals surface area contributed by atoms with Crippen LogP contribution in [0.4, 0.5) is 13.2 Å². The molecule has 2 aliphatic heterocycles. The van der Waals surface area contributed by atoms with Crippen LogP contribution in [0.15, 0.2) is 66.7 Å². The van der Waals surface area contributed by atoms with Gasteiger partial charge in [0.05, 0.1) is 23.9 Å². The summed E-state index contributed by atoms with van der Waals surface area (Å²) in [6, 6.07) is 18.6. The van der Waals surface area contributed by atoms with Crippen LogP contribution in [0.1, 0.15) is 52.0 Å². The number of fused-ring (bicyclic) bond motifs is 4. The van der Waals surface area contributed by atoms with Crippen molar-refractivity contribution in [3.05, 3.63) is 83.4 Å². The number of likely N-dealkylation sites (tertiary alicyclic amines) is 2. The van der Waals surface area contributed by atoms with Crippen LogP contribution < -0.4 is 10.5 Å². The molecule has 4 aliphatic rings. The summed E-state index contributed by atoms with van der Waals surface area (Å²) in [5.41, 5.74) is 9.97. The molecule has 0 spiro atoms. The van der Waals surface area contributed by atoms with Crippen LogP contribution in [-0.2, 0) is 19.3 Å². The second-order valence-corrected chi connectivity index (χ2v) is 14.8. The second-order valence-electron chi connectivity index (χ2n) is 14.8. The fourth-order valence-electron chi connectivity index (χ4n) is 8.57. The zero-order valence-electron chi connectivity index (χ0n) is 28.3. The summed E-state index contributed by atoms with van der Waals surface area (Å²) in [5, 5.41) is 1.12. The number of hydrogen-bond acceptors (Lipinski definition) is 5. The molecule has 2 bridgehead atoms. The fourth-order valence-corrected chi connectivity index (χ4v) is 8.57. The number of carbonyl (C=O) groups excluding carboxylic acids is 2. The van der Waals surface area contributed by atoms with Gasteiger partial charge in [0.25, 0.3) is 11.8 Å². The lowest BCUT2D eigenvalue weighted by Gasteiger charge is -2.40. The van der Waals surface area contributed by atoms with Crippen LogP contribution in [0.25, 0.3) is 33.5 Å². The average Bonchev–Trinajstić information content (AvgIpc) is 3.46. The van der Waals surface area contributed by atoms with Gasteiger partial charge in [-0.05, 0) is 86.1 Å². The maximum atomic E-state index is 14.0. The number of ether oxygens (including phenoxy) is 1. The van der Waals surface area contributed by atoms with Gasteiger partial charge >= 0.3 is 6.18 Å². The molecule has 2 saturated carbocycles. The molecule has 264 valence electrons. The Hall–Kier alpha value is -4.84. The lowest BCUT2D eigenvalue weighted by atomic mass is 9.98. The molecule has 2 aliphatic carbocycles. The van der Waals surface area contributed by atoms with E-state index in [4.69, 9.17) is 15.5 Å². The number of benzene rings is 3. The minimum Gasteiger partial charge on any atom is -0.494 e. The highest BCUT2D eigenvalue weighted by Crippen LogP contribution is 2.41. The van der Waals surface area contributed by atoms with Gasteiger partial charge in [-0.15, -0.1) is 0 Å². The van der Waals surface area contributed by atoms with Crippen molar-refractivity contribution < 1.29 is 27.5 Å². The molecule has 9 nitrogen and oxygen atoms in total. The van der Waals surface area contributed by atoms with E-state index >= 15 is 0 Å². The summed E-state index contributed by atoms with van der Waals surface area (Å²) >= 11 is 0. The number of nitrogens with zero attached hydrogens (tertiary/aromatic N) is 5. The van der Waals surface area contributed by atoms with Gasteiger partial charge in [-0.3, -0.25) is 9.59 Å². The molecular weight excluding hydrogens is 657 g/mol. The SMILES string of the molecule is COc1cc(C(=O)N2CC3CCC2[C@@H]3N)cc2nc(-c3cc4ccccc4n3CC3CC3)n(CC3CN(C(=O)c4ccc(C(F)(F)F)cc4)C3)c12. The summed E-state index contributed by atoms with van der Waals surface area (Å²) in [5.74, 6) is 1.95. The van der Waals surface area contributed by atoms with Gasteiger partial charge in [0.15, 0.2) is 5.82 Å². The minimum absolute atomic E-state index is 0.00643. The standard InChI is InChI=1S/C39H39F3N6O3/c1-51-33-16-27(38(50)47-21-26-10-13-31(47)34(26)43)14-29-35(33)48(20-23-17-45(18-23)37(49)24-8-11-28(12-9-24)39(40,41)42)36(44-29)32-15-25-4-2-3-5-30(25)46(32)19-22-6-7-22/h2-5,8-9,11-12,14-16,22-23,26,31,34H,6-7,10,13,17-21,43H2,1H3/t26?,31?,34-/m1/s1. The zero-order valence-corrected chi connectivity index (χ0v) is 28.3. The van der Waals surface area contributed by atoms with Gasteiger partial charge in [0.2, 0.25) is 0 Å². The number of carbonyl (C=O) groups is 2. The van der Waals surface area contributed by atoms with Crippen LogP contribution in [0.2, 0.25) is 0 Å². The number of alkyl halides is 3. The molecule has 3 atom stereocenters. The van der Waals surface area contributed by atoms with Gasteiger partial charge in [-0.2, -0.15) is 13.2 Å². The first-order valence-electron chi connectivity index (χ1n) is 17.8. The van der Waals surface area contributed by atoms with E-state index in [0.29, 0.717) is 54.8 Å². The van der Waals surface area contributed by atoms with Crippen molar-refractivity contribution in [1.82, 2.24) is 23.9 Å². The Balaban J connectivity index is 1.08. The molecule has 12 heteroatoms. The number of hydrogen-bond donors (Lipinski definition) is 1. The highest BCUT2D eigenvalue weighted by atomic mass is 19.4. The van der Waals surface area contributed by atoms with Gasteiger partial charge in [0.1, 0.15) is 11.3 Å². The van der Waals surface area contributed by atoms with Crippen LogP contribution in [0.3, 0.4) is 0 Å². The second kappa shape index (κ2) is 11.9. The Morgan fingerprint density at radius 1 is 0.863 bits per heavy atom. The molecule has 3 aromatic carbocycles. The third kappa shape index (κ3) is 5.46. The number of halogens is 3. The number of para-hydroxylation sites is 1. The monoisotopic (exact) mass is 696 g/mol. The number of piperidine rings is 1. The number of aromatic nitrogens is 3.